The van der Waals surface area contributed by atoms with Crippen LogP contribution in [0.25, 0.3) is 10.2 Å². The Hall–Kier alpha value is -2.16. The average molecular weight is 383 g/mol. The Morgan fingerprint density at radius 2 is 2.00 bits per heavy atom. The number of halogens is 1. The van der Waals surface area contributed by atoms with Crippen molar-refractivity contribution in [2.45, 2.75) is 11.8 Å². The van der Waals surface area contributed by atoms with Gasteiger partial charge in [-0.05, 0) is 43.3 Å². The molecule has 0 saturated carbocycles. The van der Waals surface area contributed by atoms with Gasteiger partial charge in [0, 0.05) is 0 Å². The lowest BCUT2D eigenvalue weighted by atomic mass is 10.2. The Morgan fingerprint density at radius 1 is 1.25 bits per heavy atom. The first-order valence-electron chi connectivity index (χ1n) is 6.69. The van der Waals surface area contributed by atoms with Crippen molar-refractivity contribution in [2.75, 3.05) is 4.72 Å². The van der Waals surface area contributed by atoms with Gasteiger partial charge in [-0.15, -0.1) is 11.3 Å². The lowest BCUT2D eigenvalue weighted by Crippen LogP contribution is -2.13. The van der Waals surface area contributed by atoms with Gasteiger partial charge < -0.3 is 5.11 Å². The number of nitrogens with one attached hydrogen (secondary N) is 1. The van der Waals surface area contributed by atoms with Crippen LogP contribution in [0.3, 0.4) is 0 Å². The van der Waals surface area contributed by atoms with Crippen molar-refractivity contribution in [3.8, 4) is 0 Å². The van der Waals surface area contributed by atoms with Crippen LogP contribution in [-0.2, 0) is 10.0 Å². The first kappa shape index (κ1) is 16.7. The molecule has 124 valence electrons. The highest BCUT2D eigenvalue weighted by Crippen LogP contribution is 2.27. The number of carbonyl (C=O) groups is 1. The van der Waals surface area contributed by atoms with E-state index in [0.29, 0.717) is 5.69 Å². The van der Waals surface area contributed by atoms with Crippen molar-refractivity contribution in [1.82, 2.24) is 4.98 Å². The van der Waals surface area contributed by atoms with E-state index in [1.807, 2.05) is 6.92 Å². The molecule has 0 unspecified atom stereocenters. The summed E-state index contributed by atoms with van der Waals surface area (Å²) < 4.78 is 28.2. The topological polar surface area (TPSA) is 96.4 Å². The number of aromatic carboxylic acids is 1. The Bertz CT molecular complexity index is 1060. The minimum Gasteiger partial charge on any atom is -0.478 e. The van der Waals surface area contributed by atoms with Crippen LogP contribution < -0.4 is 4.72 Å². The van der Waals surface area contributed by atoms with Gasteiger partial charge in [0.05, 0.1) is 36.4 Å². The fourth-order valence-corrected chi connectivity index (χ4v) is 4.29. The number of hydrogen-bond donors (Lipinski definition) is 2. The molecule has 1 heterocycles. The SMILES string of the molecule is Cc1nc2ccc(NS(=O)(=O)c3ccc(Cl)c(C(=O)O)c3)cc2s1. The Labute approximate surface area is 146 Å². The van der Waals surface area contributed by atoms with Gasteiger partial charge in [-0.2, -0.15) is 0 Å². The summed E-state index contributed by atoms with van der Waals surface area (Å²) in [7, 11) is -3.94. The summed E-state index contributed by atoms with van der Waals surface area (Å²) in [5, 5.41) is 9.92. The maximum Gasteiger partial charge on any atom is 0.337 e. The highest BCUT2D eigenvalue weighted by molar-refractivity contribution is 7.92. The number of benzene rings is 2. The van der Waals surface area contributed by atoms with E-state index >= 15 is 0 Å². The second-order valence-corrected chi connectivity index (χ2v) is 8.29. The third-order valence-electron chi connectivity index (χ3n) is 3.23. The van der Waals surface area contributed by atoms with E-state index in [4.69, 9.17) is 16.7 Å². The van der Waals surface area contributed by atoms with Crippen LogP contribution in [0, 0.1) is 6.92 Å². The van der Waals surface area contributed by atoms with Crippen molar-refractivity contribution < 1.29 is 18.3 Å². The van der Waals surface area contributed by atoms with Crippen molar-refractivity contribution in [2.24, 2.45) is 0 Å². The molecule has 1 aromatic heterocycles. The molecule has 24 heavy (non-hydrogen) atoms. The third kappa shape index (κ3) is 3.21. The van der Waals surface area contributed by atoms with Crippen LogP contribution in [0.15, 0.2) is 41.3 Å². The smallest absolute Gasteiger partial charge is 0.337 e. The van der Waals surface area contributed by atoms with Gasteiger partial charge in [0.1, 0.15) is 0 Å². The number of anilines is 1. The molecule has 0 amide bonds. The van der Waals surface area contributed by atoms with E-state index in [9.17, 15) is 13.2 Å². The number of aryl methyl sites for hydroxylation is 1. The van der Waals surface area contributed by atoms with Gasteiger partial charge >= 0.3 is 5.97 Å². The Balaban J connectivity index is 1.98. The van der Waals surface area contributed by atoms with Crippen LogP contribution in [0.5, 0.6) is 0 Å². The molecule has 0 aliphatic heterocycles. The van der Waals surface area contributed by atoms with Gasteiger partial charge in [0.15, 0.2) is 0 Å². The van der Waals surface area contributed by atoms with Crippen LogP contribution >= 0.6 is 22.9 Å². The Kier molecular flexibility index (Phi) is 4.20. The first-order valence-corrected chi connectivity index (χ1v) is 9.37. The molecule has 0 bridgehead atoms. The zero-order valence-corrected chi connectivity index (χ0v) is 14.7. The van der Waals surface area contributed by atoms with E-state index in [1.54, 1.807) is 18.2 Å². The summed E-state index contributed by atoms with van der Waals surface area (Å²) in [5.41, 5.74) is 0.895. The van der Waals surface area contributed by atoms with Gasteiger partial charge in [-0.3, -0.25) is 4.72 Å². The standard InChI is InChI=1S/C15H11ClN2O4S2/c1-8-17-13-5-2-9(6-14(13)23-8)18-24(21,22)10-3-4-12(16)11(7-10)15(19)20/h2-7,18H,1H3,(H,19,20). The Morgan fingerprint density at radius 3 is 2.71 bits per heavy atom. The van der Waals surface area contributed by atoms with Crippen molar-refractivity contribution >= 4 is 54.8 Å². The van der Waals surface area contributed by atoms with Gasteiger partial charge in [0.2, 0.25) is 0 Å². The van der Waals surface area contributed by atoms with Crippen LogP contribution in [0.1, 0.15) is 15.4 Å². The zero-order chi connectivity index (χ0) is 17.5. The summed E-state index contributed by atoms with van der Waals surface area (Å²) in [6, 6.07) is 8.55. The molecule has 3 aromatic rings. The molecule has 0 radical (unpaired) electrons. The minimum absolute atomic E-state index is 0.0250. The quantitative estimate of drug-likeness (QED) is 0.716. The molecule has 6 nitrogen and oxygen atoms in total. The molecule has 0 spiro atoms. The molecular weight excluding hydrogens is 372 g/mol. The number of hydrogen-bond acceptors (Lipinski definition) is 5. The molecular formula is C15H11ClN2O4S2. The van der Waals surface area contributed by atoms with E-state index in [-0.39, 0.29) is 15.5 Å². The molecule has 2 N–H and O–H groups in total. The number of carboxylic acids is 1. The number of nitrogens with zero attached hydrogens (tertiary/aromatic N) is 1. The highest BCUT2D eigenvalue weighted by Gasteiger charge is 2.19. The minimum atomic E-state index is -3.94. The molecule has 0 saturated heterocycles. The summed E-state index contributed by atoms with van der Waals surface area (Å²) in [4.78, 5) is 15.2. The van der Waals surface area contributed by atoms with E-state index < -0.39 is 16.0 Å². The van der Waals surface area contributed by atoms with Gasteiger partial charge in [-0.25, -0.2) is 18.2 Å². The second kappa shape index (κ2) is 6.04. The lowest BCUT2D eigenvalue weighted by molar-refractivity contribution is 0.0697. The summed E-state index contributed by atoms with van der Waals surface area (Å²) in [6.45, 7) is 1.87. The van der Waals surface area contributed by atoms with Gasteiger partial charge in [-0.1, -0.05) is 11.6 Å². The number of rotatable bonds is 4. The monoisotopic (exact) mass is 382 g/mol. The normalized spacial score (nSPS) is 11.6. The van der Waals surface area contributed by atoms with Crippen molar-refractivity contribution in [3.63, 3.8) is 0 Å². The number of sulfonamides is 1. The summed E-state index contributed by atoms with van der Waals surface area (Å²) in [5.74, 6) is -1.29. The van der Waals surface area contributed by atoms with Crippen molar-refractivity contribution in [1.29, 1.82) is 0 Å². The number of fused-ring (bicyclic) bond motifs is 1. The predicted octanol–water partition coefficient (Wildman–Crippen LogP) is 3.76. The number of thiazole rings is 1. The maximum atomic E-state index is 12.5. The molecule has 0 aliphatic rings. The fraction of sp³-hybridized carbons (Fsp3) is 0.0667. The summed E-state index contributed by atoms with van der Waals surface area (Å²) in [6.07, 6.45) is 0. The average Bonchev–Trinajstić information content (AvgIpc) is 2.86. The van der Waals surface area contributed by atoms with Gasteiger partial charge in [0.25, 0.3) is 10.0 Å². The van der Waals surface area contributed by atoms with Crippen LogP contribution in [-0.4, -0.2) is 24.5 Å². The second-order valence-electron chi connectivity index (χ2n) is 4.97. The number of carboxylic acid groups (broad SMARTS) is 1. The molecule has 0 fully saturated rings. The first-order chi connectivity index (χ1) is 11.3. The fourth-order valence-electron chi connectivity index (χ4n) is 2.15. The third-order valence-corrected chi connectivity index (χ3v) is 5.87. The van der Waals surface area contributed by atoms with Crippen molar-refractivity contribution in [3.05, 3.63) is 52.0 Å². The van der Waals surface area contributed by atoms with E-state index in [2.05, 4.69) is 9.71 Å². The highest BCUT2D eigenvalue weighted by atomic mass is 35.5. The largest absolute Gasteiger partial charge is 0.478 e. The molecule has 3 rings (SSSR count). The zero-order valence-electron chi connectivity index (χ0n) is 12.3. The summed E-state index contributed by atoms with van der Waals surface area (Å²) >= 11 is 7.22. The maximum absolute atomic E-state index is 12.5. The molecule has 2 aromatic carbocycles. The molecule has 0 atom stereocenters. The van der Waals surface area contributed by atoms with Crippen LogP contribution in [0.2, 0.25) is 5.02 Å². The van der Waals surface area contributed by atoms with E-state index in [0.717, 1.165) is 21.3 Å². The molecule has 0 aliphatic carbocycles. The molecule has 9 heteroatoms. The van der Waals surface area contributed by atoms with Crippen LogP contribution in [0.4, 0.5) is 5.69 Å². The lowest BCUT2D eigenvalue weighted by Gasteiger charge is -2.09. The predicted molar refractivity (Wildman–Crippen MR) is 93.6 cm³/mol. The number of aromatic nitrogens is 1. The van der Waals surface area contributed by atoms with E-state index in [1.165, 1.54) is 23.5 Å².